The summed E-state index contributed by atoms with van der Waals surface area (Å²) < 4.78 is 0. The molecule has 2 saturated heterocycles. The van der Waals surface area contributed by atoms with Gasteiger partial charge < -0.3 is 19.6 Å². The minimum Gasteiger partial charge on any atom is -0.341 e. The number of rotatable bonds is 6. The molecule has 34 heavy (non-hydrogen) atoms. The maximum absolute atomic E-state index is 13.6. The van der Waals surface area contributed by atoms with Crippen LogP contribution < -0.4 is 0 Å². The normalized spacial score (nSPS) is 39.8. The lowest BCUT2D eigenvalue weighted by Gasteiger charge is -2.62. The van der Waals surface area contributed by atoms with E-state index < -0.39 is 0 Å². The van der Waals surface area contributed by atoms with E-state index in [0.29, 0.717) is 23.9 Å². The molecule has 2 unspecified atom stereocenters. The van der Waals surface area contributed by atoms with E-state index in [1.807, 2.05) is 0 Å². The van der Waals surface area contributed by atoms with Crippen LogP contribution in [-0.4, -0.2) is 97.9 Å². The maximum Gasteiger partial charge on any atom is 0.223 e. The number of carbonyl (C=O) groups is 2. The van der Waals surface area contributed by atoms with E-state index in [2.05, 4.69) is 47.8 Å². The summed E-state index contributed by atoms with van der Waals surface area (Å²) in [6, 6.07) is 0.988. The van der Waals surface area contributed by atoms with Crippen molar-refractivity contribution in [2.24, 2.45) is 22.7 Å². The van der Waals surface area contributed by atoms with Crippen LogP contribution >= 0.6 is 0 Å². The third kappa shape index (κ3) is 4.91. The summed E-state index contributed by atoms with van der Waals surface area (Å²) in [5.41, 5.74) is 0.307. The fourth-order valence-electron chi connectivity index (χ4n) is 9.13. The molecule has 2 aliphatic heterocycles. The zero-order valence-electron chi connectivity index (χ0n) is 22.2. The van der Waals surface area contributed by atoms with E-state index in [-0.39, 0.29) is 10.8 Å². The summed E-state index contributed by atoms with van der Waals surface area (Å²) in [5, 5.41) is 0. The first-order chi connectivity index (χ1) is 16.2. The van der Waals surface area contributed by atoms with E-state index in [1.165, 1.54) is 44.9 Å². The van der Waals surface area contributed by atoms with Gasteiger partial charge in [0, 0.05) is 51.1 Å². The highest BCUT2D eigenvalue weighted by molar-refractivity contribution is 5.78. The largest absolute Gasteiger partial charge is 0.341 e. The molecule has 6 fully saturated rings. The minimum atomic E-state index is 0.153. The zero-order valence-corrected chi connectivity index (χ0v) is 22.2. The first-order valence-electron chi connectivity index (χ1n) is 14.0. The molecule has 0 N–H and O–H groups in total. The Bertz CT molecular complexity index is 706. The van der Waals surface area contributed by atoms with Crippen molar-refractivity contribution in [3.05, 3.63) is 0 Å². The number of piperidine rings is 2. The van der Waals surface area contributed by atoms with Gasteiger partial charge in [0.1, 0.15) is 0 Å². The molecule has 0 aromatic carbocycles. The van der Waals surface area contributed by atoms with Crippen molar-refractivity contribution in [1.82, 2.24) is 19.6 Å². The third-order valence-electron chi connectivity index (χ3n) is 10.3. The fraction of sp³-hybridized carbons (Fsp3) is 0.929. The monoisotopic (exact) mass is 472 g/mol. The molecule has 2 atom stereocenters. The van der Waals surface area contributed by atoms with Crippen molar-refractivity contribution in [2.75, 3.05) is 54.4 Å². The van der Waals surface area contributed by atoms with Crippen LogP contribution in [0.3, 0.4) is 0 Å². The van der Waals surface area contributed by atoms with E-state index in [9.17, 15) is 9.59 Å². The smallest absolute Gasteiger partial charge is 0.223 e. The topological polar surface area (TPSA) is 47.1 Å². The highest BCUT2D eigenvalue weighted by atomic mass is 16.2. The second kappa shape index (κ2) is 9.38. The van der Waals surface area contributed by atoms with Gasteiger partial charge in [-0.05, 0) is 115 Å². The lowest BCUT2D eigenvalue weighted by atomic mass is 9.43. The van der Waals surface area contributed by atoms with Gasteiger partial charge >= 0.3 is 0 Å². The van der Waals surface area contributed by atoms with Gasteiger partial charge in [0.2, 0.25) is 11.8 Å². The molecule has 6 nitrogen and oxygen atoms in total. The van der Waals surface area contributed by atoms with Crippen LogP contribution in [0.25, 0.3) is 0 Å². The lowest BCUT2D eigenvalue weighted by Crippen LogP contribution is -2.56. The predicted molar refractivity (Wildman–Crippen MR) is 135 cm³/mol. The molecule has 6 heteroatoms. The average molecular weight is 473 g/mol. The molecular weight excluding hydrogens is 424 g/mol. The van der Waals surface area contributed by atoms with Gasteiger partial charge in [-0.2, -0.15) is 0 Å². The Balaban J connectivity index is 1.26. The Kier molecular flexibility index (Phi) is 6.78. The molecule has 0 aromatic heterocycles. The van der Waals surface area contributed by atoms with E-state index in [0.717, 1.165) is 70.1 Å². The summed E-state index contributed by atoms with van der Waals surface area (Å²) in [7, 11) is 8.56. The van der Waals surface area contributed by atoms with Crippen molar-refractivity contribution in [2.45, 2.75) is 89.1 Å². The van der Waals surface area contributed by atoms with Crippen molar-refractivity contribution in [3.8, 4) is 0 Å². The van der Waals surface area contributed by atoms with Crippen LogP contribution in [0.15, 0.2) is 0 Å². The van der Waals surface area contributed by atoms with Crippen molar-refractivity contribution < 1.29 is 9.59 Å². The van der Waals surface area contributed by atoms with Crippen LogP contribution in [0.1, 0.15) is 77.0 Å². The predicted octanol–water partition coefficient (Wildman–Crippen LogP) is 3.46. The number of hydrogen-bond donors (Lipinski definition) is 0. The Morgan fingerprint density at radius 2 is 1.15 bits per heavy atom. The summed E-state index contributed by atoms with van der Waals surface area (Å²) in [6.07, 6.45) is 13.4. The fourth-order valence-corrected chi connectivity index (χ4v) is 9.13. The molecule has 6 rings (SSSR count). The first kappa shape index (κ1) is 24.5. The van der Waals surface area contributed by atoms with Crippen LogP contribution in [0.2, 0.25) is 0 Å². The first-order valence-corrected chi connectivity index (χ1v) is 14.0. The van der Waals surface area contributed by atoms with Gasteiger partial charge in [0.25, 0.3) is 0 Å². The highest BCUT2D eigenvalue weighted by Crippen LogP contribution is 2.67. The van der Waals surface area contributed by atoms with Gasteiger partial charge in [-0.25, -0.2) is 0 Å². The molecule has 6 aliphatic rings. The van der Waals surface area contributed by atoms with Crippen LogP contribution in [0.4, 0.5) is 0 Å². The third-order valence-corrected chi connectivity index (χ3v) is 10.3. The molecule has 2 heterocycles. The highest BCUT2D eigenvalue weighted by Gasteiger charge is 2.58. The van der Waals surface area contributed by atoms with Crippen LogP contribution in [-0.2, 0) is 9.59 Å². The zero-order chi connectivity index (χ0) is 24.1. The lowest BCUT2D eigenvalue weighted by molar-refractivity contribution is -0.156. The Morgan fingerprint density at radius 3 is 1.53 bits per heavy atom. The summed E-state index contributed by atoms with van der Waals surface area (Å²) >= 11 is 0. The van der Waals surface area contributed by atoms with E-state index in [1.54, 1.807) is 0 Å². The van der Waals surface area contributed by atoms with Gasteiger partial charge in [-0.1, -0.05) is 0 Å². The molecule has 4 aliphatic carbocycles. The van der Waals surface area contributed by atoms with Crippen molar-refractivity contribution in [1.29, 1.82) is 0 Å². The van der Waals surface area contributed by atoms with Crippen LogP contribution in [0.5, 0.6) is 0 Å². The number of likely N-dealkylation sites (tertiary alicyclic amines) is 2. The second-order valence-corrected chi connectivity index (χ2v) is 13.5. The average Bonchev–Trinajstić information content (AvgIpc) is 2.77. The number of likely N-dealkylation sites (N-methyl/N-ethyl adjacent to an activating group) is 2. The van der Waals surface area contributed by atoms with E-state index in [4.69, 9.17) is 0 Å². The number of amides is 2. The van der Waals surface area contributed by atoms with Gasteiger partial charge in [0.05, 0.1) is 0 Å². The quantitative estimate of drug-likeness (QED) is 0.594. The molecule has 4 bridgehead atoms. The summed E-state index contributed by atoms with van der Waals surface area (Å²) in [5.74, 6) is 2.24. The summed E-state index contributed by atoms with van der Waals surface area (Å²) in [6.45, 7) is 3.64. The molecular formula is C28H48N4O2. The summed E-state index contributed by atoms with van der Waals surface area (Å²) in [4.78, 5) is 36.0. The Morgan fingerprint density at radius 1 is 0.735 bits per heavy atom. The molecule has 2 amide bonds. The molecule has 0 aromatic rings. The Labute approximate surface area is 207 Å². The molecule has 0 spiro atoms. The standard InChI is InChI=1S/C28H48N4O2/c1-29(2)23-7-5-9-31(18-23)25(33)16-27-12-21-11-22(13-27)15-28(14-21,20-27)17-26(34)32-10-6-8-24(19-32)30(3)4/h21-24H,5-20H2,1-4H3. The molecule has 4 saturated carbocycles. The van der Waals surface area contributed by atoms with Gasteiger partial charge in [-0.15, -0.1) is 0 Å². The molecule has 192 valence electrons. The Hall–Kier alpha value is -1.14. The van der Waals surface area contributed by atoms with Crippen molar-refractivity contribution >= 4 is 11.8 Å². The number of hydrogen-bond acceptors (Lipinski definition) is 4. The van der Waals surface area contributed by atoms with Crippen molar-refractivity contribution in [3.63, 3.8) is 0 Å². The number of nitrogens with zero attached hydrogens (tertiary/aromatic N) is 4. The SMILES string of the molecule is CN(C)C1CCCN(C(=O)CC23CC4CC(C2)CC(CC(=O)N2CCCC(N(C)C)C2)(C4)C3)C1. The van der Waals surface area contributed by atoms with Crippen LogP contribution in [0, 0.1) is 22.7 Å². The van der Waals surface area contributed by atoms with E-state index >= 15 is 0 Å². The van der Waals surface area contributed by atoms with Gasteiger partial charge in [0.15, 0.2) is 0 Å². The minimum absolute atomic E-state index is 0.153. The second-order valence-electron chi connectivity index (χ2n) is 13.5. The van der Waals surface area contributed by atoms with Gasteiger partial charge in [-0.3, -0.25) is 9.59 Å². The number of carbonyl (C=O) groups excluding carboxylic acids is 2. The molecule has 0 radical (unpaired) electrons. The maximum atomic E-state index is 13.6.